The van der Waals surface area contributed by atoms with E-state index in [4.69, 9.17) is 0 Å². The molecule has 0 saturated heterocycles. The Bertz CT molecular complexity index is 333. The lowest BCUT2D eigenvalue weighted by molar-refractivity contribution is -0.116. The summed E-state index contributed by atoms with van der Waals surface area (Å²) in [5, 5.41) is 2.96. The molecule has 74 valence electrons. The lowest BCUT2D eigenvalue weighted by atomic mass is 10.1. The predicted molar refractivity (Wildman–Crippen MR) is 57.2 cm³/mol. The zero-order valence-electron chi connectivity index (χ0n) is 8.25. The third-order valence-corrected chi connectivity index (χ3v) is 2.64. The molecule has 0 aliphatic carbocycles. The summed E-state index contributed by atoms with van der Waals surface area (Å²) in [6.07, 6.45) is 5.10. The summed E-state index contributed by atoms with van der Waals surface area (Å²) in [6.45, 7) is 0. The summed E-state index contributed by atoms with van der Waals surface area (Å²) < 4.78 is 0. The first-order valence-corrected chi connectivity index (χ1v) is 5.24. The fourth-order valence-corrected chi connectivity index (χ4v) is 1.85. The number of amides is 1. The van der Waals surface area contributed by atoms with Gasteiger partial charge in [0.15, 0.2) is 0 Å². The van der Waals surface area contributed by atoms with E-state index in [0.29, 0.717) is 6.42 Å². The zero-order chi connectivity index (χ0) is 9.80. The molecule has 0 fully saturated rings. The van der Waals surface area contributed by atoms with Crippen LogP contribution in [0.1, 0.15) is 31.2 Å². The van der Waals surface area contributed by atoms with Crippen LogP contribution in [0.3, 0.4) is 0 Å². The van der Waals surface area contributed by atoms with Gasteiger partial charge in [-0.25, -0.2) is 0 Å². The van der Waals surface area contributed by atoms with Crippen molar-refractivity contribution in [3.8, 4) is 0 Å². The average Bonchev–Trinajstić information content (AvgIpc) is 2.27. The minimum absolute atomic E-state index is 0.152. The summed E-state index contributed by atoms with van der Waals surface area (Å²) >= 11 is 0. The third-order valence-electron chi connectivity index (χ3n) is 2.64. The maximum atomic E-state index is 11.4. The molecule has 1 aromatic rings. The van der Waals surface area contributed by atoms with Gasteiger partial charge in [0.25, 0.3) is 0 Å². The molecule has 0 spiro atoms. The SMILES string of the molecule is O=C1CCCCCc2ccccc2N1. The molecule has 0 saturated carbocycles. The van der Waals surface area contributed by atoms with Crippen LogP contribution in [-0.2, 0) is 11.2 Å². The summed E-state index contributed by atoms with van der Waals surface area (Å²) in [7, 11) is 0. The molecule has 0 aromatic heterocycles. The Balaban J connectivity index is 2.25. The van der Waals surface area contributed by atoms with Gasteiger partial charge in [0.05, 0.1) is 0 Å². The van der Waals surface area contributed by atoms with Crippen LogP contribution in [0.15, 0.2) is 24.3 Å². The lowest BCUT2D eigenvalue weighted by Crippen LogP contribution is -2.11. The van der Waals surface area contributed by atoms with Gasteiger partial charge < -0.3 is 5.32 Å². The molecular formula is C12H15NO. The molecule has 0 radical (unpaired) electrons. The first-order chi connectivity index (χ1) is 6.86. The smallest absolute Gasteiger partial charge is 0.224 e. The molecule has 1 aliphatic rings. The van der Waals surface area contributed by atoms with Crippen LogP contribution in [0.2, 0.25) is 0 Å². The molecular weight excluding hydrogens is 174 g/mol. The van der Waals surface area contributed by atoms with Crippen molar-refractivity contribution in [3.05, 3.63) is 29.8 Å². The number of nitrogens with one attached hydrogen (secondary N) is 1. The van der Waals surface area contributed by atoms with Gasteiger partial charge in [-0.1, -0.05) is 24.6 Å². The summed E-state index contributed by atoms with van der Waals surface area (Å²) in [5.74, 6) is 0.152. The third kappa shape index (κ3) is 2.13. The van der Waals surface area contributed by atoms with E-state index in [1.807, 2.05) is 18.2 Å². The normalized spacial score (nSPS) is 17.3. The van der Waals surface area contributed by atoms with E-state index in [1.54, 1.807) is 0 Å². The Labute approximate surface area is 84.3 Å². The molecule has 2 rings (SSSR count). The van der Waals surface area contributed by atoms with Crippen LogP contribution < -0.4 is 5.32 Å². The van der Waals surface area contributed by atoms with E-state index in [9.17, 15) is 4.79 Å². The van der Waals surface area contributed by atoms with Gasteiger partial charge in [-0.2, -0.15) is 0 Å². The fourth-order valence-electron chi connectivity index (χ4n) is 1.85. The van der Waals surface area contributed by atoms with Crippen molar-refractivity contribution < 1.29 is 4.79 Å². The number of para-hydroxylation sites is 1. The van der Waals surface area contributed by atoms with Crippen LogP contribution in [0.4, 0.5) is 5.69 Å². The van der Waals surface area contributed by atoms with Crippen molar-refractivity contribution in [2.75, 3.05) is 5.32 Å². The molecule has 0 atom stereocenters. The van der Waals surface area contributed by atoms with Gasteiger partial charge in [0, 0.05) is 12.1 Å². The molecule has 14 heavy (non-hydrogen) atoms. The van der Waals surface area contributed by atoms with Crippen molar-refractivity contribution in [3.63, 3.8) is 0 Å². The van der Waals surface area contributed by atoms with E-state index in [1.165, 1.54) is 12.0 Å². The first kappa shape index (κ1) is 9.25. The van der Waals surface area contributed by atoms with Crippen molar-refractivity contribution in [1.82, 2.24) is 0 Å². The highest BCUT2D eigenvalue weighted by atomic mass is 16.1. The van der Waals surface area contributed by atoms with Gasteiger partial charge in [-0.15, -0.1) is 0 Å². The first-order valence-electron chi connectivity index (χ1n) is 5.24. The number of benzene rings is 1. The van der Waals surface area contributed by atoms with E-state index >= 15 is 0 Å². The van der Waals surface area contributed by atoms with Crippen LogP contribution >= 0.6 is 0 Å². The highest BCUT2D eigenvalue weighted by molar-refractivity contribution is 5.91. The number of hydrogen-bond donors (Lipinski definition) is 1. The van der Waals surface area contributed by atoms with Gasteiger partial charge in [0.2, 0.25) is 5.91 Å². The monoisotopic (exact) mass is 189 g/mol. The van der Waals surface area contributed by atoms with E-state index < -0.39 is 0 Å². The standard InChI is InChI=1S/C12H15NO/c14-12-9-3-1-2-6-10-7-4-5-8-11(10)13-12/h4-5,7-8H,1-3,6,9H2,(H,13,14). The summed E-state index contributed by atoms with van der Waals surface area (Å²) in [5.41, 5.74) is 2.27. The van der Waals surface area contributed by atoms with Crippen LogP contribution in [0.25, 0.3) is 0 Å². The van der Waals surface area contributed by atoms with E-state index in [-0.39, 0.29) is 5.91 Å². The molecule has 1 aliphatic heterocycles. The van der Waals surface area contributed by atoms with Gasteiger partial charge in [-0.3, -0.25) is 4.79 Å². The number of carbonyl (C=O) groups is 1. The molecule has 0 bridgehead atoms. The Morgan fingerprint density at radius 2 is 1.79 bits per heavy atom. The van der Waals surface area contributed by atoms with Gasteiger partial charge in [0.1, 0.15) is 0 Å². The number of hydrogen-bond acceptors (Lipinski definition) is 1. The molecule has 1 heterocycles. The number of carbonyl (C=O) groups excluding carboxylic acids is 1. The summed E-state index contributed by atoms with van der Waals surface area (Å²) in [4.78, 5) is 11.4. The Kier molecular flexibility index (Phi) is 2.82. The molecule has 2 nitrogen and oxygen atoms in total. The number of fused-ring (bicyclic) bond motifs is 1. The Hall–Kier alpha value is -1.31. The minimum Gasteiger partial charge on any atom is -0.326 e. The number of rotatable bonds is 0. The zero-order valence-corrected chi connectivity index (χ0v) is 8.25. The largest absolute Gasteiger partial charge is 0.326 e. The highest BCUT2D eigenvalue weighted by Crippen LogP contribution is 2.20. The Morgan fingerprint density at radius 3 is 2.71 bits per heavy atom. The average molecular weight is 189 g/mol. The van der Waals surface area contributed by atoms with E-state index in [0.717, 1.165) is 24.9 Å². The minimum atomic E-state index is 0.152. The van der Waals surface area contributed by atoms with Crippen molar-refractivity contribution in [1.29, 1.82) is 0 Å². The second-order valence-electron chi connectivity index (χ2n) is 3.77. The van der Waals surface area contributed by atoms with Crippen LogP contribution in [-0.4, -0.2) is 5.91 Å². The maximum absolute atomic E-state index is 11.4. The second-order valence-corrected chi connectivity index (χ2v) is 3.77. The van der Waals surface area contributed by atoms with Crippen molar-refractivity contribution in [2.24, 2.45) is 0 Å². The van der Waals surface area contributed by atoms with Crippen LogP contribution in [0.5, 0.6) is 0 Å². The fraction of sp³-hybridized carbons (Fsp3) is 0.417. The van der Waals surface area contributed by atoms with Gasteiger partial charge in [-0.05, 0) is 30.9 Å². The van der Waals surface area contributed by atoms with Crippen molar-refractivity contribution in [2.45, 2.75) is 32.1 Å². The Morgan fingerprint density at radius 1 is 1.00 bits per heavy atom. The predicted octanol–water partition coefficient (Wildman–Crippen LogP) is 2.74. The van der Waals surface area contributed by atoms with Crippen LogP contribution in [0, 0.1) is 0 Å². The quantitative estimate of drug-likeness (QED) is 0.668. The highest BCUT2D eigenvalue weighted by Gasteiger charge is 2.08. The molecule has 1 aromatic carbocycles. The molecule has 2 heteroatoms. The maximum Gasteiger partial charge on any atom is 0.224 e. The van der Waals surface area contributed by atoms with Gasteiger partial charge >= 0.3 is 0 Å². The second kappa shape index (κ2) is 4.27. The molecule has 1 N–H and O–H groups in total. The topological polar surface area (TPSA) is 29.1 Å². The molecule has 0 unspecified atom stereocenters. The number of anilines is 1. The van der Waals surface area contributed by atoms with Crippen molar-refractivity contribution >= 4 is 11.6 Å². The molecule has 1 amide bonds. The number of aryl methyl sites for hydroxylation is 1. The van der Waals surface area contributed by atoms with E-state index in [2.05, 4.69) is 11.4 Å². The lowest BCUT2D eigenvalue weighted by Gasteiger charge is -2.07. The summed E-state index contributed by atoms with van der Waals surface area (Å²) in [6, 6.07) is 8.08.